The van der Waals surface area contributed by atoms with Gasteiger partial charge in [-0.05, 0) is 26.0 Å². The predicted octanol–water partition coefficient (Wildman–Crippen LogP) is 1.53. The van der Waals surface area contributed by atoms with Crippen LogP contribution in [0, 0.1) is 12.7 Å². The number of β-amino-alcohol motifs (C(OH)–C–C–N with tert-alkyl or cyclic N) is 1. The molecule has 4 heterocycles. The zero-order valence-corrected chi connectivity index (χ0v) is 15.4. The molecule has 28 heavy (non-hydrogen) atoms. The summed E-state index contributed by atoms with van der Waals surface area (Å²) in [4.78, 5) is 19.2. The average molecular weight is 385 g/mol. The van der Waals surface area contributed by atoms with Gasteiger partial charge in [0.2, 0.25) is 17.8 Å². The number of H-pyrrole nitrogens is 1. The molecule has 11 heteroatoms. The standard InChI is InChI=1S/C17H20FN9O/c1-9-5-14(26-25-9)21-16-22-15(23-17(24-16)27-7-12(28)8-27)20-10(2)13-4-3-11(18)6-19-13/h3-6,10,12,28H,7-8H2,1-2H3,(H3,20,21,22,23,24,25,26)/t10-/m0/s1. The fraction of sp³-hybridized carbons (Fsp3) is 0.353. The number of hydrogen-bond acceptors (Lipinski definition) is 9. The van der Waals surface area contributed by atoms with Crippen LogP contribution in [0.15, 0.2) is 24.4 Å². The monoisotopic (exact) mass is 385 g/mol. The van der Waals surface area contributed by atoms with E-state index in [1.165, 1.54) is 12.3 Å². The van der Waals surface area contributed by atoms with Crippen molar-refractivity contribution in [1.82, 2.24) is 30.1 Å². The summed E-state index contributed by atoms with van der Waals surface area (Å²) in [6, 6.07) is 4.54. The number of aromatic nitrogens is 6. The van der Waals surface area contributed by atoms with Gasteiger partial charge in [0.05, 0.1) is 24.0 Å². The first kappa shape index (κ1) is 18.0. The van der Waals surface area contributed by atoms with Crippen LogP contribution in [0.2, 0.25) is 0 Å². The lowest BCUT2D eigenvalue weighted by molar-refractivity contribution is 0.140. The molecule has 146 valence electrons. The first-order chi connectivity index (χ1) is 13.5. The second-order valence-corrected chi connectivity index (χ2v) is 6.67. The molecule has 4 rings (SSSR count). The van der Waals surface area contributed by atoms with Gasteiger partial charge in [0.1, 0.15) is 5.82 Å². The number of nitrogens with zero attached hydrogens (tertiary/aromatic N) is 6. The molecule has 1 atom stereocenters. The van der Waals surface area contributed by atoms with Gasteiger partial charge in [-0.2, -0.15) is 20.1 Å². The van der Waals surface area contributed by atoms with Gasteiger partial charge in [-0.1, -0.05) is 0 Å². The van der Waals surface area contributed by atoms with Gasteiger partial charge in [-0.15, -0.1) is 0 Å². The average Bonchev–Trinajstić information content (AvgIpc) is 3.04. The molecule has 4 N–H and O–H groups in total. The summed E-state index contributed by atoms with van der Waals surface area (Å²) in [5.74, 6) is 1.28. The van der Waals surface area contributed by atoms with Crippen molar-refractivity contribution < 1.29 is 9.50 Å². The second-order valence-electron chi connectivity index (χ2n) is 6.67. The molecule has 1 saturated heterocycles. The maximum Gasteiger partial charge on any atom is 0.235 e. The first-order valence-electron chi connectivity index (χ1n) is 8.82. The zero-order chi connectivity index (χ0) is 19.7. The highest BCUT2D eigenvalue weighted by molar-refractivity contribution is 5.53. The SMILES string of the molecule is Cc1cc(Nc2nc(N[C@@H](C)c3ccc(F)cn3)nc(N3CC(O)C3)n2)n[nH]1. The van der Waals surface area contributed by atoms with Crippen LogP contribution < -0.4 is 15.5 Å². The molecular formula is C17H20FN9O. The summed E-state index contributed by atoms with van der Waals surface area (Å²) >= 11 is 0. The number of rotatable bonds is 6. The van der Waals surface area contributed by atoms with E-state index < -0.39 is 5.82 Å². The Morgan fingerprint density at radius 3 is 2.68 bits per heavy atom. The van der Waals surface area contributed by atoms with Crippen LogP contribution >= 0.6 is 0 Å². The van der Waals surface area contributed by atoms with Crippen LogP contribution in [0.25, 0.3) is 0 Å². The molecule has 0 radical (unpaired) electrons. The lowest BCUT2D eigenvalue weighted by Crippen LogP contribution is -2.51. The Morgan fingerprint density at radius 1 is 1.25 bits per heavy atom. The molecule has 0 amide bonds. The number of anilines is 4. The van der Waals surface area contributed by atoms with E-state index in [1.54, 1.807) is 6.07 Å². The van der Waals surface area contributed by atoms with Crippen molar-refractivity contribution in [2.45, 2.75) is 26.0 Å². The van der Waals surface area contributed by atoms with Crippen molar-refractivity contribution in [3.8, 4) is 0 Å². The van der Waals surface area contributed by atoms with Gasteiger partial charge >= 0.3 is 0 Å². The summed E-state index contributed by atoms with van der Waals surface area (Å²) in [7, 11) is 0. The second kappa shape index (κ2) is 7.35. The van der Waals surface area contributed by atoms with Crippen LogP contribution in [-0.4, -0.2) is 54.4 Å². The number of nitrogens with one attached hydrogen (secondary N) is 3. The highest BCUT2D eigenvalue weighted by atomic mass is 19.1. The van der Waals surface area contributed by atoms with Crippen molar-refractivity contribution in [2.75, 3.05) is 28.6 Å². The molecule has 0 spiro atoms. The van der Waals surface area contributed by atoms with Crippen molar-refractivity contribution in [1.29, 1.82) is 0 Å². The van der Waals surface area contributed by atoms with Crippen molar-refractivity contribution in [3.05, 3.63) is 41.6 Å². The predicted molar refractivity (Wildman–Crippen MR) is 101 cm³/mol. The Bertz CT molecular complexity index is 956. The van der Waals surface area contributed by atoms with Crippen LogP contribution in [0.1, 0.15) is 24.4 Å². The molecule has 0 aliphatic carbocycles. The Morgan fingerprint density at radius 2 is 2.04 bits per heavy atom. The van der Waals surface area contributed by atoms with Gasteiger partial charge in [0, 0.05) is 24.8 Å². The molecule has 1 aliphatic heterocycles. The number of hydrogen-bond donors (Lipinski definition) is 4. The van der Waals surface area contributed by atoms with E-state index in [0.29, 0.717) is 42.4 Å². The molecule has 1 aliphatic rings. The summed E-state index contributed by atoms with van der Waals surface area (Å²) in [5, 5.41) is 22.7. The number of aryl methyl sites for hydroxylation is 1. The third kappa shape index (κ3) is 3.98. The Kier molecular flexibility index (Phi) is 4.74. The normalized spacial score (nSPS) is 15.2. The number of aromatic amines is 1. The van der Waals surface area contributed by atoms with E-state index in [4.69, 9.17) is 0 Å². The van der Waals surface area contributed by atoms with Crippen molar-refractivity contribution >= 4 is 23.7 Å². The maximum absolute atomic E-state index is 13.1. The van der Waals surface area contributed by atoms with Gasteiger partial charge in [0.25, 0.3) is 0 Å². The van der Waals surface area contributed by atoms with Gasteiger partial charge in [-0.3, -0.25) is 10.1 Å². The highest BCUT2D eigenvalue weighted by Crippen LogP contribution is 2.23. The topological polar surface area (TPSA) is 128 Å². The Balaban J connectivity index is 1.58. The Hall–Kier alpha value is -3.34. The molecule has 10 nitrogen and oxygen atoms in total. The van der Waals surface area contributed by atoms with E-state index in [9.17, 15) is 9.50 Å². The molecule has 1 fully saturated rings. The van der Waals surface area contributed by atoms with Crippen LogP contribution in [-0.2, 0) is 0 Å². The number of pyridine rings is 1. The molecule has 0 bridgehead atoms. The molecule has 0 aromatic carbocycles. The molecule has 3 aromatic heterocycles. The maximum atomic E-state index is 13.1. The third-order valence-electron chi connectivity index (χ3n) is 4.25. The number of aliphatic hydroxyl groups is 1. The smallest absolute Gasteiger partial charge is 0.235 e. The summed E-state index contributed by atoms with van der Waals surface area (Å²) < 4.78 is 13.1. The molecular weight excluding hydrogens is 365 g/mol. The van der Waals surface area contributed by atoms with Crippen LogP contribution in [0.3, 0.4) is 0 Å². The minimum absolute atomic E-state index is 0.252. The largest absolute Gasteiger partial charge is 0.389 e. The number of halogens is 1. The fourth-order valence-electron chi connectivity index (χ4n) is 2.75. The van der Waals surface area contributed by atoms with E-state index in [1.807, 2.05) is 24.8 Å². The quantitative estimate of drug-likeness (QED) is 0.499. The van der Waals surface area contributed by atoms with Gasteiger partial charge in [0.15, 0.2) is 5.82 Å². The summed E-state index contributed by atoms with van der Waals surface area (Å²) in [5.41, 5.74) is 1.55. The van der Waals surface area contributed by atoms with E-state index >= 15 is 0 Å². The third-order valence-corrected chi connectivity index (χ3v) is 4.25. The van der Waals surface area contributed by atoms with E-state index in [-0.39, 0.29) is 12.1 Å². The van der Waals surface area contributed by atoms with Crippen molar-refractivity contribution in [2.24, 2.45) is 0 Å². The lowest BCUT2D eigenvalue weighted by atomic mass is 10.2. The molecule has 3 aromatic rings. The van der Waals surface area contributed by atoms with Crippen LogP contribution in [0.4, 0.5) is 28.1 Å². The number of aliphatic hydroxyl groups excluding tert-OH is 1. The minimum Gasteiger partial charge on any atom is -0.389 e. The Labute approximate surface area is 160 Å². The highest BCUT2D eigenvalue weighted by Gasteiger charge is 2.28. The zero-order valence-electron chi connectivity index (χ0n) is 15.4. The van der Waals surface area contributed by atoms with E-state index in [0.717, 1.165) is 5.69 Å². The van der Waals surface area contributed by atoms with Gasteiger partial charge < -0.3 is 20.6 Å². The molecule has 0 saturated carbocycles. The fourth-order valence-corrected chi connectivity index (χ4v) is 2.75. The lowest BCUT2D eigenvalue weighted by Gasteiger charge is -2.35. The summed E-state index contributed by atoms with van der Waals surface area (Å²) in [6.07, 6.45) is 0.779. The van der Waals surface area contributed by atoms with E-state index in [2.05, 4.69) is 40.8 Å². The summed E-state index contributed by atoms with van der Waals surface area (Å²) in [6.45, 7) is 4.68. The minimum atomic E-state index is -0.393. The molecule has 0 unspecified atom stereocenters. The van der Waals surface area contributed by atoms with Crippen molar-refractivity contribution in [3.63, 3.8) is 0 Å². The van der Waals surface area contributed by atoms with Gasteiger partial charge in [-0.25, -0.2) is 4.39 Å². The first-order valence-corrected chi connectivity index (χ1v) is 8.82. The van der Waals surface area contributed by atoms with Crippen LogP contribution in [0.5, 0.6) is 0 Å².